The van der Waals surface area contributed by atoms with Crippen molar-refractivity contribution in [1.29, 1.82) is 0 Å². The van der Waals surface area contributed by atoms with Gasteiger partial charge in [0.15, 0.2) is 0 Å². The van der Waals surface area contributed by atoms with Gasteiger partial charge in [-0.25, -0.2) is 4.79 Å². The van der Waals surface area contributed by atoms with Crippen LogP contribution in [0.5, 0.6) is 5.75 Å². The van der Waals surface area contributed by atoms with Crippen LogP contribution in [0.4, 0.5) is 10.5 Å². The molecule has 134 valence electrons. The van der Waals surface area contributed by atoms with Gasteiger partial charge in [-0.2, -0.15) is 0 Å². The third kappa shape index (κ3) is 6.35. The molecule has 0 radical (unpaired) electrons. The van der Waals surface area contributed by atoms with Crippen LogP contribution in [0, 0.1) is 0 Å². The van der Waals surface area contributed by atoms with Gasteiger partial charge in [0.05, 0.1) is 13.7 Å². The maximum atomic E-state index is 11.9. The molecule has 0 aromatic heterocycles. The number of hydrogen-bond acceptors (Lipinski definition) is 4. The molecule has 0 bridgehead atoms. The first-order valence-corrected chi connectivity index (χ1v) is 8.18. The zero-order chi connectivity index (χ0) is 17.9. The number of carbonyl (C=O) groups excluding carboxylic acids is 1. The van der Waals surface area contributed by atoms with Gasteiger partial charge in [-0.15, -0.1) is 0 Å². The van der Waals surface area contributed by atoms with Gasteiger partial charge in [0, 0.05) is 38.0 Å². The molecule has 2 amide bonds. The van der Waals surface area contributed by atoms with Gasteiger partial charge in [-0.05, 0) is 23.8 Å². The molecular formula is C19H25N3O3. The summed E-state index contributed by atoms with van der Waals surface area (Å²) < 4.78 is 10.3. The number of ether oxygens (including phenoxy) is 2. The Bertz CT molecular complexity index is 659. The number of anilines is 1. The summed E-state index contributed by atoms with van der Waals surface area (Å²) in [5.74, 6) is 0.763. The number of urea groups is 1. The van der Waals surface area contributed by atoms with Crippen LogP contribution in [-0.4, -0.2) is 33.4 Å². The molecule has 6 heteroatoms. The van der Waals surface area contributed by atoms with Crippen LogP contribution in [-0.2, 0) is 17.8 Å². The van der Waals surface area contributed by atoms with Crippen LogP contribution >= 0.6 is 0 Å². The quantitative estimate of drug-likeness (QED) is 0.612. The highest BCUT2D eigenvalue weighted by Crippen LogP contribution is 2.16. The van der Waals surface area contributed by atoms with E-state index in [1.54, 1.807) is 14.2 Å². The van der Waals surface area contributed by atoms with Gasteiger partial charge < -0.3 is 25.4 Å². The lowest BCUT2D eigenvalue weighted by molar-refractivity contribution is 0.211. The molecule has 0 aliphatic rings. The number of hydrogen-bond donors (Lipinski definition) is 3. The molecule has 0 atom stereocenters. The molecular weight excluding hydrogens is 318 g/mol. The largest absolute Gasteiger partial charge is 0.496 e. The van der Waals surface area contributed by atoms with E-state index in [1.165, 1.54) is 0 Å². The second-order valence-corrected chi connectivity index (χ2v) is 5.46. The summed E-state index contributed by atoms with van der Waals surface area (Å²) in [5, 5.41) is 8.93. The van der Waals surface area contributed by atoms with Crippen LogP contribution < -0.4 is 20.7 Å². The molecule has 6 nitrogen and oxygen atoms in total. The Morgan fingerprint density at radius 3 is 2.40 bits per heavy atom. The number of methoxy groups -OCH3 is 2. The van der Waals surface area contributed by atoms with Crippen LogP contribution in [0.25, 0.3) is 0 Å². The minimum Gasteiger partial charge on any atom is -0.496 e. The van der Waals surface area contributed by atoms with Gasteiger partial charge in [-0.3, -0.25) is 0 Å². The van der Waals surface area contributed by atoms with Crippen molar-refractivity contribution in [3.63, 3.8) is 0 Å². The van der Waals surface area contributed by atoms with Gasteiger partial charge in [0.1, 0.15) is 5.75 Å². The number of nitrogens with one attached hydrogen (secondary N) is 3. The fraction of sp³-hybridized carbons (Fsp3) is 0.316. The van der Waals surface area contributed by atoms with E-state index in [9.17, 15) is 4.79 Å². The van der Waals surface area contributed by atoms with Crippen LogP contribution in [0.3, 0.4) is 0 Å². The first kappa shape index (κ1) is 18.6. The minimum absolute atomic E-state index is 0.215. The molecule has 0 saturated heterocycles. The molecule has 2 aromatic carbocycles. The second-order valence-electron chi connectivity index (χ2n) is 5.46. The van der Waals surface area contributed by atoms with E-state index < -0.39 is 0 Å². The normalized spacial score (nSPS) is 10.2. The Hall–Kier alpha value is -2.73. The molecule has 0 saturated carbocycles. The predicted octanol–water partition coefficient (Wildman–Crippen LogP) is 2.75. The molecule has 0 spiro atoms. The highest BCUT2D eigenvalue weighted by molar-refractivity contribution is 5.73. The highest BCUT2D eigenvalue weighted by Gasteiger charge is 2.04. The topological polar surface area (TPSA) is 71.6 Å². The van der Waals surface area contributed by atoms with Crippen LogP contribution in [0.2, 0.25) is 0 Å². The average Bonchev–Trinajstić information content (AvgIpc) is 2.66. The summed E-state index contributed by atoms with van der Waals surface area (Å²) in [6.45, 7) is 2.31. The van der Waals surface area contributed by atoms with Crippen molar-refractivity contribution < 1.29 is 14.3 Å². The second kappa shape index (κ2) is 10.2. The third-order valence-corrected chi connectivity index (χ3v) is 3.67. The molecule has 0 aliphatic heterocycles. The Balaban J connectivity index is 1.74. The van der Waals surface area contributed by atoms with E-state index in [4.69, 9.17) is 9.47 Å². The SMILES string of the molecule is COCCNc1ccc(CNC(=O)NCc2ccccc2OC)cc1. The minimum atomic E-state index is -0.215. The van der Waals surface area contributed by atoms with Crippen molar-refractivity contribution in [2.75, 3.05) is 32.7 Å². The fourth-order valence-electron chi connectivity index (χ4n) is 2.31. The highest BCUT2D eigenvalue weighted by atomic mass is 16.5. The van der Waals surface area contributed by atoms with Crippen molar-refractivity contribution in [1.82, 2.24) is 10.6 Å². The summed E-state index contributed by atoms with van der Waals surface area (Å²) in [6.07, 6.45) is 0. The van der Waals surface area contributed by atoms with E-state index in [-0.39, 0.29) is 6.03 Å². The number of rotatable bonds is 9. The van der Waals surface area contributed by atoms with Crippen molar-refractivity contribution in [3.05, 3.63) is 59.7 Å². The van der Waals surface area contributed by atoms with Crippen molar-refractivity contribution >= 4 is 11.7 Å². The lowest BCUT2D eigenvalue weighted by Gasteiger charge is -2.11. The predicted molar refractivity (Wildman–Crippen MR) is 98.9 cm³/mol. The Kier molecular flexibility index (Phi) is 7.59. The molecule has 0 heterocycles. The Morgan fingerprint density at radius 1 is 0.960 bits per heavy atom. The van der Waals surface area contributed by atoms with Crippen LogP contribution in [0.1, 0.15) is 11.1 Å². The molecule has 0 unspecified atom stereocenters. The van der Waals surface area contributed by atoms with Gasteiger partial charge in [0.2, 0.25) is 0 Å². The molecule has 2 aromatic rings. The molecule has 3 N–H and O–H groups in total. The van der Waals surface area contributed by atoms with E-state index in [2.05, 4.69) is 16.0 Å². The number of amides is 2. The average molecular weight is 343 g/mol. The molecule has 2 rings (SSSR count). The summed E-state index contributed by atoms with van der Waals surface area (Å²) in [4.78, 5) is 11.9. The summed E-state index contributed by atoms with van der Waals surface area (Å²) in [5.41, 5.74) is 3.00. The van der Waals surface area contributed by atoms with Gasteiger partial charge in [-0.1, -0.05) is 30.3 Å². The number of carbonyl (C=O) groups is 1. The van der Waals surface area contributed by atoms with E-state index in [1.807, 2.05) is 48.5 Å². The lowest BCUT2D eigenvalue weighted by atomic mass is 10.2. The first-order chi connectivity index (χ1) is 12.2. The van der Waals surface area contributed by atoms with Crippen molar-refractivity contribution in [3.8, 4) is 5.75 Å². The number of benzene rings is 2. The van der Waals surface area contributed by atoms with Crippen molar-refractivity contribution in [2.24, 2.45) is 0 Å². The standard InChI is InChI=1S/C19H25N3O3/c1-24-12-11-20-17-9-7-15(8-10-17)13-21-19(23)22-14-16-5-3-4-6-18(16)25-2/h3-10,20H,11-14H2,1-2H3,(H2,21,22,23). The maximum absolute atomic E-state index is 11.9. The third-order valence-electron chi connectivity index (χ3n) is 3.67. The summed E-state index contributed by atoms with van der Waals surface area (Å²) in [7, 11) is 3.29. The lowest BCUT2D eigenvalue weighted by Crippen LogP contribution is -2.34. The van der Waals surface area contributed by atoms with E-state index in [0.29, 0.717) is 19.7 Å². The maximum Gasteiger partial charge on any atom is 0.315 e. The number of para-hydroxylation sites is 1. The zero-order valence-corrected chi connectivity index (χ0v) is 14.7. The fourth-order valence-corrected chi connectivity index (χ4v) is 2.31. The zero-order valence-electron chi connectivity index (χ0n) is 14.7. The van der Waals surface area contributed by atoms with Gasteiger partial charge >= 0.3 is 6.03 Å². The first-order valence-electron chi connectivity index (χ1n) is 8.18. The Morgan fingerprint density at radius 2 is 1.68 bits per heavy atom. The van der Waals surface area contributed by atoms with E-state index in [0.717, 1.165) is 29.1 Å². The van der Waals surface area contributed by atoms with Gasteiger partial charge in [0.25, 0.3) is 0 Å². The summed E-state index contributed by atoms with van der Waals surface area (Å²) in [6, 6.07) is 15.3. The Labute approximate surface area is 148 Å². The van der Waals surface area contributed by atoms with Crippen molar-refractivity contribution in [2.45, 2.75) is 13.1 Å². The van der Waals surface area contributed by atoms with Crippen LogP contribution in [0.15, 0.2) is 48.5 Å². The van der Waals surface area contributed by atoms with E-state index >= 15 is 0 Å². The smallest absolute Gasteiger partial charge is 0.315 e. The molecule has 0 fully saturated rings. The summed E-state index contributed by atoms with van der Waals surface area (Å²) >= 11 is 0. The molecule has 0 aliphatic carbocycles. The molecule has 25 heavy (non-hydrogen) atoms. The monoisotopic (exact) mass is 343 g/mol.